The fraction of sp³-hybridized carbons (Fsp3) is 0.238. The average molecular weight is 430 g/mol. The van der Waals surface area contributed by atoms with Gasteiger partial charge in [-0.25, -0.2) is 9.07 Å². The van der Waals surface area contributed by atoms with E-state index in [0.29, 0.717) is 16.8 Å². The van der Waals surface area contributed by atoms with Crippen molar-refractivity contribution in [2.75, 3.05) is 5.32 Å². The predicted octanol–water partition coefficient (Wildman–Crippen LogP) is 5.38. The predicted molar refractivity (Wildman–Crippen MR) is 109 cm³/mol. The summed E-state index contributed by atoms with van der Waals surface area (Å²) in [6, 6.07) is 15.8. The number of benzene rings is 2. The minimum absolute atomic E-state index is 0.166. The molecule has 1 heterocycles. The molecular weight excluding hydrogens is 409 g/mol. The molecule has 2 aromatic carbocycles. The molecule has 0 aliphatic carbocycles. The Morgan fingerprint density at radius 1 is 1.15 bits per heavy atom. The first-order valence-electron chi connectivity index (χ1n) is 8.63. The van der Waals surface area contributed by atoms with Crippen molar-refractivity contribution in [2.24, 2.45) is 0 Å². The maximum absolute atomic E-state index is 13.6. The number of anilines is 1. The second-order valence-corrected chi connectivity index (χ2v) is 8.24. The number of hydrogen-bond acceptors (Lipinski definition) is 2. The van der Waals surface area contributed by atoms with E-state index in [1.807, 2.05) is 36.4 Å². The van der Waals surface area contributed by atoms with Gasteiger partial charge in [0.15, 0.2) is 0 Å². The number of hydrogen-bond donors (Lipinski definition) is 1. The van der Waals surface area contributed by atoms with Crippen LogP contribution in [0.4, 0.5) is 10.2 Å². The van der Waals surface area contributed by atoms with Gasteiger partial charge in [0.1, 0.15) is 11.6 Å². The van der Waals surface area contributed by atoms with Gasteiger partial charge in [0.2, 0.25) is 0 Å². The molecule has 0 spiro atoms. The van der Waals surface area contributed by atoms with Crippen LogP contribution < -0.4 is 5.32 Å². The van der Waals surface area contributed by atoms with E-state index in [1.165, 1.54) is 18.2 Å². The highest BCUT2D eigenvalue weighted by atomic mass is 79.9. The molecule has 0 radical (unpaired) electrons. The van der Waals surface area contributed by atoms with Gasteiger partial charge in [0.05, 0.1) is 17.8 Å². The third-order valence-corrected chi connectivity index (χ3v) is 4.83. The molecule has 1 aromatic heterocycles. The first-order valence-corrected chi connectivity index (χ1v) is 9.42. The minimum Gasteiger partial charge on any atom is -0.307 e. The second kappa shape index (κ2) is 7.64. The van der Waals surface area contributed by atoms with E-state index >= 15 is 0 Å². The van der Waals surface area contributed by atoms with Gasteiger partial charge in [0, 0.05) is 16.0 Å². The van der Waals surface area contributed by atoms with E-state index in [2.05, 4.69) is 47.1 Å². The highest BCUT2D eigenvalue weighted by Crippen LogP contribution is 2.26. The minimum atomic E-state index is -0.462. The van der Waals surface area contributed by atoms with E-state index < -0.39 is 11.7 Å². The van der Waals surface area contributed by atoms with Crippen molar-refractivity contribution in [1.29, 1.82) is 0 Å². The maximum atomic E-state index is 13.6. The molecule has 0 aliphatic rings. The summed E-state index contributed by atoms with van der Waals surface area (Å²) >= 11 is 3.30. The topological polar surface area (TPSA) is 46.9 Å². The normalized spacial score (nSPS) is 11.4. The number of rotatable bonds is 4. The maximum Gasteiger partial charge on any atom is 0.258 e. The first kappa shape index (κ1) is 19.3. The van der Waals surface area contributed by atoms with E-state index in [4.69, 9.17) is 0 Å². The molecule has 0 saturated heterocycles. The summed E-state index contributed by atoms with van der Waals surface area (Å²) in [6.45, 7) is 6.72. The van der Waals surface area contributed by atoms with Crippen molar-refractivity contribution in [1.82, 2.24) is 9.78 Å². The van der Waals surface area contributed by atoms with Crippen LogP contribution >= 0.6 is 15.9 Å². The van der Waals surface area contributed by atoms with Gasteiger partial charge in [-0.15, -0.1) is 0 Å². The van der Waals surface area contributed by atoms with Gasteiger partial charge >= 0.3 is 0 Å². The molecule has 3 aromatic rings. The Morgan fingerprint density at radius 3 is 2.52 bits per heavy atom. The van der Waals surface area contributed by atoms with Gasteiger partial charge < -0.3 is 5.32 Å². The molecule has 140 valence electrons. The molecule has 1 N–H and O–H groups in total. The van der Waals surface area contributed by atoms with Crippen LogP contribution in [0, 0.1) is 5.82 Å². The molecule has 27 heavy (non-hydrogen) atoms. The number of carbonyl (C=O) groups excluding carboxylic acids is 1. The Balaban J connectivity index is 1.94. The van der Waals surface area contributed by atoms with Crippen molar-refractivity contribution < 1.29 is 9.18 Å². The number of aromatic nitrogens is 2. The first-order chi connectivity index (χ1) is 12.7. The Bertz CT molecular complexity index is 961. The lowest BCUT2D eigenvalue weighted by Gasteiger charge is -2.14. The number of nitrogens with one attached hydrogen (secondary N) is 1. The molecule has 0 bridgehead atoms. The smallest absolute Gasteiger partial charge is 0.258 e. The zero-order valence-electron chi connectivity index (χ0n) is 15.5. The van der Waals surface area contributed by atoms with Crippen LogP contribution in [0.2, 0.25) is 0 Å². The Morgan fingerprint density at radius 2 is 1.85 bits per heavy atom. The summed E-state index contributed by atoms with van der Waals surface area (Å²) in [5.74, 6) is -0.280. The van der Waals surface area contributed by atoms with Crippen molar-refractivity contribution in [3.63, 3.8) is 0 Å². The lowest BCUT2D eigenvalue weighted by atomic mass is 9.92. The van der Waals surface area contributed by atoms with Crippen LogP contribution in [0.25, 0.3) is 0 Å². The molecule has 0 unspecified atom stereocenters. The molecule has 0 aliphatic heterocycles. The van der Waals surface area contributed by atoms with Crippen molar-refractivity contribution >= 4 is 27.7 Å². The summed E-state index contributed by atoms with van der Waals surface area (Å²) in [7, 11) is 0. The average Bonchev–Trinajstić information content (AvgIpc) is 3.01. The van der Waals surface area contributed by atoms with Crippen LogP contribution in [-0.2, 0) is 12.0 Å². The van der Waals surface area contributed by atoms with Crippen molar-refractivity contribution in [3.05, 3.63) is 81.7 Å². The van der Waals surface area contributed by atoms with Gasteiger partial charge in [-0.3, -0.25) is 4.79 Å². The van der Waals surface area contributed by atoms with Crippen molar-refractivity contribution in [3.8, 4) is 0 Å². The van der Waals surface area contributed by atoms with E-state index in [9.17, 15) is 9.18 Å². The summed E-state index contributed by atoms with van der Waals surface area (Å²) in [5, 5.41) is 7.55. The molecule has 1 amide bonds. The van der Waals surface area contributed by atoms with E-state index in [1.54, 1.807) is 4.68 Å². The number of halogens is 2. The third kappa shape index (κ3) is 4.63. The summed E-state index contributed by atoms with van der Waals surface area (Å²) in [5.41, 5.74) is 2.01. The van der Waals surface area contributed by atoms with Crippen LogP contribution in [0.3, 0.4) is 0 Å². The van der Waals surface area contributed by atoms with Gasteiger partial charge in [0.25, 0.3) is 5.91 Å². The molecular formula is C21H21BrFN3O. The highest BCUT2D eigenvalue weighted by molar-refractivity contribution is 9.10. The molecule has 0 atom stereocenters. The highest BCUT2D eigenvalue weighted by Gasteiger charge is 2.22. The zero-order chi connectivity index (χ0) is 19.6. The Labute approximate surface area is 166 Å². The van der Waals surface area contributed by atoms with Crippen molar-refractivity contribution in [2.45, 2.75) is 32.7 Å². The van der Waals surface area contributed by atoms with E-state index in [-0.39, 0.29) is 11.0 Å². The van der Waals surface area contributed by atoms with Crippen LogP contribution in [-0.4, -0.2) is 15.7 Å². The SMILES string of the molecule is CC(C)(C)c1cc(NC(=O)c2cc(F)ccc2Br)n(Cc2ccccc2)n1. The lowest BCUT2D eigenvalue weighted by molar-refractivity contribution is 0.102. The lowest BCUT2D eigenvalue weighted by Crippen LogP contribution is -2.17. The molecule has 0 fully saturated rings. The van der Waals surface area contributed by atoms with Gasteiger partial charge in [-0.2, -0.15) is 5.10 Å². The third-order valence-electron chi connectivity index (χ3n) is 4.14. The van der Waals surface area contributed by atoms with Gasteiger partial charge in [-0.1, -0.05) is 51.1 Å². The van der Waals surface area contributed by atoms with Crippen LogP contribution in [0.5, 0.6) is 0 Å². The summed E-state index contributed by atoms with van der Waals surface area (Å²) < 4.78 is 15.9. The van der Waals surface area contributed by atoms with Gasteiger partial charge in [-0.05, 0) is 39.7 Å². The van der Waals surface area contributed by atoms with Crippen LogP contribution in [0.15, 0.2) is 59.1 Å². The number of amides is 1. The number of carbonyl (C=O) groups is 1. The molecule has 4 nitrogen and oxygen atoms in total. The number of nitrogens with zero attached hydrogens (tertiary/aromatic N) is 2. The quantitative estimate of drug-likeness (QED) is 0.604. The molecule has 6 heteroatoms. The fourth-order valence-corrected chi connectivity index (χ4v) is 3.04. The summed E-state index contributed by atoms with van der Waals surface area (Å²) in [4.78, 5) is 12.7. The largest absolute Gasteiger partial charge is 0.307 e. The van der Waals surface area contributed by atoms with E-state index in [0.717, 1.165) is 11.3 Å². The summed E-state index contributed by atoms with van der Waals surface area (Å²) in [6.07, 6.45) is 0. The molecule has 3 rings (SSSR count). The fourth-order valence-electron chi connectivity index (χ4n) is 2.62. The standard InChI is InChI=1S/C21H21BrFN3O/c1-21(2,3)18-12-19(26(25-18)13-14-7-5-4-6-8-14)24-20(27)16-11-15(23)9-10-17(16)22/h4-12H,13H2,1-3H3,(H,24,27). The monoisotopic (exact) mass is 429 g/mol. The Kier molecular flexibility index (Phi) is 5.46. The Hall–Kier alpha value is -2.47. The second-order valence-electron chi connectivity index (χ2n) is 7.39. The molecule has 0 saturated carbocycles. The van der Waals surface area contributed by atoms with Crippen LogP contribution in [0.1, 0.15) is 42.4 Å². The zero-order valence-corrected chi connectivity index (χ0v) is 17.0.